The third kappa shape index (κ3) is 6.12. The molecule has 3 aromatic heterocycles. The van der Waals surface area contributed by atoms with Crippen molar-refractivity contribution in [1.82, 2.24) is 30.2 Å². The standard InChI is InChI=1S/C28H27FN8O3/c1-28(26(38)32-12-3-10-30)16-39-25(40-17-28)24-36-22(19-5-7-20(29)8-6-19)23(37-24)21-9-13-33-27(35-21)34-15-18-4-2-11-31-14-18/h2,4-9,11,13-14,25H,3,12,15-17H2,1H3,(H,32,38)(H,36,37)(H,33,34,35). The first-order valence-corrected chi connectivity index (χ1v) is 12.7. The van der Waals surface area contributed by atoms with Crippen molar-refractivity contribution in [3.05, 3.63) is 78.3 Å². The van der Waals surface area contributed by atoms with Crippen LogP contribution < -0.4 is 10.6 Å². The summed E-state index contributed by atoms with van der Waals surface area (Å²) >= 11 is 0. The average molecular weight is 543 g/mol. The lowest BCUT2D eigenvalue weighted by Crippen LogP contribution is -2.48. The minimum absolute atomic E-state index is 0.0912. The Morgan fingerprint density at radius 1 is 1.18 bits per heavy atom. The number of imidazole rings is 1. The molecule has 4 heterocycles. The summed E-state index contributed by atoms with van der Waals surface area (Å²) in [6, 6.07) is 13.5. The van der Waals surface area contributed by atoms with E-state index < -0.39 is 11.7 Å². The maximum atomic E-state index is 13.7. The van der Waals surface area contributed by atoms with Crippen LogP contribution in [-0.2, 0) is 20.8 Å². The van der Waals surface area contributed by atoms with Crippen LogP contribution in [0.2, 0.25) is 0 Å². The molecule has 12 heteroatoms. The number of halogens is 1. The Morgan fingerprint density at radius 3 is 2.70 bits per heavy atom. The van der Waals surface area contributed by atoms with Crippen molar-refractivity contribution in [2.45, 2.75) is 26.2 Å². The lowest BCUT2D eigenvalue weighted by Gasteiger charge is -2.35. The van der Waals surface area contributed by atoms with E-state index in [0.29, 0.717) is 41.0 Å². The molecule has 204 valence electrons. The van der Waals surface area contributed by atoms with Crippen LogP contribution >= 0.6 is 0 Å². The van der Waals surface area contributed by atoms with Gasteiger partial charge in [-0.15, -0.1) is 0 Å². The lowest BCUT2D eigenvalue weighted by molar-refractivity contribution is -0.231. The zero-order chi connectivity index (χ0) is 28.0. The number of benzene rings is 1. The molecule has 0 atom stereocenters. The molecule has 3 N–H and O–H groups in total. The van der Waals surface area contributed by atoms with Crippen LogP contribution in [0.5, 0.6) is 0 Å². The van der Waals surface area contributed by atoms with E-state index in [2.05, 4.69) is 30.6 Å². The molecule has 0 radical (unpaired) electrons. The zero-order valence-corrected chi connectivity index (χ0v) is 21.7. The second-order valence-corrected chi connectivity index (χ2v) is 9.51. The number of ether oxygens (including phenoxy) is 2. The lowest BCUT2D eigenvalue weighted by atomic mass is 9.91. The van der Waals surface area contributed by atoms with Gasteiger partial charge in [0.2, 0.25) is 18.1 Å². The number of aromatic nitrogens is 5. The minimum Gasteiger partial charge on any atom is -0.354 e. The minimum atomic E-state index is -0.914. The molecular weight excluding hydrogens is 515 g/mol. The normalized spacial score (nSPS) is 18.6. The summed E-state index contributed by atoms with van der Waals surface area (Å²) in [6.45, 7) is 2.67. The van der Waals surface area contributed by atoms with Gasteiger partial charge in [-0.05, 0) is 48.9 Å². The number of anilines is 1. The number of H-pyrrole nitrogens is 1. The van der Waals surface area contributed by atoms with Crippen molar-refractivity contribution >= 4 is 11.9 Å². The quantitative estimate of drug-likeness (QED) is 0.269. The maximum absolute atomic E-state index is 13.7. The van der Waals surface area contributed by atoms with Gasteiger partial charge in [0, 0.05) is 37.2 Å². The maximum Gasteiger partial charge on any atom is 0.230 e. The first-order valence-electron chi connectivity index (χ1n) is 12.7. The van der Waals surface area contributed by atoms with Crippen LogP contribution in [0.4, 0.5) is 10.3 Å². The Balaban J connectivity index is 1.39. The number of hydrogen-bond acceptors (Lipinski definition) is 9. The molecule has 0 bridgehead atoms. The molecule has 4 aromatic rings. The molecule has 0 saturated carbocycles. The molecule has 11 nitrogen and oxygen atoms in total. The molecule has 1 aliphatic heterocycles. The van der Waals surface area contributed by atoms with Crippen LogP contribution in [-0.4, -0.2) is 50.6 Å². The number of nitriles is 1. The highest BCUT2D eigenvalue weighted by Gasteiger charge is 2.40. The van der Waals surface area contributed by atoms with Crippen molar-refractivity contribution in [2.24, 2.45) is 5.41 Å². The van der Waals surface area contributed by atoms with E-state index in [0.717, 1.165) is 5.56 Å². The van der Waals surface area contributed by atoms with Gasteiger partial charge in [0.1, 0.15) is 5.82 Å². The Kier molecular flexibility index (Phi) is 8.04. The number of hydrogen-bond donors (Lipinski definition) is 3. The summed E-state index contributed by atoms with van der Waals surface area (Å²) in [5.41, 5.74) is 2.39. The van der Waals surface area contributed by atoms with Gasteiger partial charge in [-0.25, -0.2) is 19.3 Å². The van der Waals surface area contributed by atoms with E-state index in [4.69, 9.17) is 19.7 Å². The van der Waals surface area contributed by atoms with Crippen LogP contribution in [0, 0.1) is 22.6 Å². The molecule has 1 amide bonds. The van der Waals surface area contributed by atoms with E-state index in [1.54, 1.807) is 43.7 Å². The fourth-order valence-electron chi connectivity index (χ4n) is 4.12. The largest absolute Gasteiger partial charge is 0.354 e. The van der Waals surface area contributed by atoms with E-state index in [-0.39, 0.29) is 37.9 Å². The van der Waals surface area contributed by atoms with Crippen LogP contribution in [0.25, 0.3) is 22.6 Å². The van der Waals surface area contributed by atoms with Gasteiger partial charge < -0.3 is 25.1 Å². The predicted molar refractivity (Wildman–Crippen MR) is 143 cm³/mol. The van der Waals surface area contributed by atoms with Gasteiger partial charge in [-0.1, -0.05) is 6.07 Å². The SMILES string of the molecule is CC1(C(=O)NCCC#N)COC(c2nc(-c3ccc(F)cc3)c(-c3ccnc(NCc4cccnc4)n3)[nH]2)OC1. The number of carbonyl (C=O) groups is 1. The summed E-state index contributed by atoms with van der Waals surface area (Å²) < 4.78 is 25.5. The fourth-order valence-corrected chi connectivity index (χ4v) is 4.12. The van der Waals surface area contributed by atoms with Gasteiger partial charge in [0.25, 0.3) is 0 Å². The van der Waals surface area contributed by atoms with Gasteiger partial charge in [-0.2, -0.15) is 5.26 Å². The van der Waals surface area contributed by atoms with E-state index in [9.17, 15) is 9.18 Å². The molecule has 1 fully saturated rings. The third-order valence-corrected chi connectivity index (χ3v) is 6.33. The number of aromatic amines is 1. The molecule has 5 rings (SSSR count). The van der Waals surface area contributed by atoms with Crippen molar-refractivity contribution in [1.29, 1.82) is 5.26 Å². The summed E-state index contributed by atoms with van der Waals surface area (Å²) in [5, 5.41) is 14.6. The van der Waals surface area contributed by atoms with Crippen LogP contribution in [0.15, 0.2) is 61.1 Å². The van der Waals surface area contributed by atoms with Crippen molar-refractivity contribution in [3.8, 4) is 28.7 Å². The number of carbonyl (C=O) groups excluding carboxylic acids is 1. The summed E-state index contributed by atoms with van der Waals surface area (Å²) in [4.78, 5) is 33.7. The zero-order valence-electron chi connectivity index (χ0n) is 21.7. The van der Waals surface area contributed by atoms with Crippen LogP contribution in [0.3, 0.4) is 0 Å². The number of pyridine rings is 1. The summed E-state index contributed by atoms with van der Waals surface area (Å²) in [5.74, 6) is 0.174. The molecule has 0 unspecified atom stereocenters. The van der Waals surface area contributed by atoms with Crippen molar-refractivity contribution in [2.75, 3.05) is 25.1 Å². The van der Waals surface area contributed by atoms with Gasteiger partial charge in [-0.3, -0.25) is 9.78 Å². The van der Waals surface area contributed by atoms with Gasteiger partial charge >= 0.3 is 0 Å². The molecule has 40 heavy (non-hydrogen) atoms. The van der Waals surface area contributed by atoms with E-state index >= 15 is 0 Å². The number of amides is 1. The Bertz CT molecular complexity index is 1500. The molecular formula is C28H27FN8O3. The summed E-state index contributed by atoms with van der Waals surface area (Å²) in [6.07, 6.45) is 4.46. The monoisotopic (exact) mass is 542 g/mol. The second-order valence-electron chi connectivity index (χ2n) is 9.51. The Labute approximate surface area is 229 Å². The van der Waals surface area contributed by atoms with Crippen LogP contribution in [0.1, 0.15) is 31.0 Å². The average Bonchev–Trinajstić information content (AvgIpc) is 3.43. The highest BCUT2D eigenvalue weighted by Crippen LogP contribution is 2.35. The van der Waals surface area contributed by atoms with E-state index in [1.807, 2.05) is 18.2 Å². The highest BCUT2D eigenvalue weighted by molar-refractivity contribution is 5.82. The fraction of sp³-hybridized carbons (Fsp3) is 0.286. The Hall–Kier alpha value is -4.73. The highest BCUT2D eigenvalue weighted by atomic mass is 19.1. The number of nitrogens with one attached hydrogen (secondary N) is 3. The number of nitrogens with zero attached hydrogens (tertiary/aromatic N) is 5. The van der Waals surface area contributed by atoms with Crippen molar-refractivity contribution < 1.29 is 18.7 Å². The topological polar surface area (TPSA) is 151 Å². The van der Waals surface area contributed by atoms with E-state index in [1.165, 1.54) is 12.1 Å². The number of rotatable bonds is 9. The van der Waals surface area contributed by atoms with Gasteiger partial charge in [0.15, 0.2) is 5.82 Å². The first kappa shape index (κ1) is 26.9. The molecule has 0 spiro atoms. The third-order valence-electron chi connectivity index (χ3n) is 6.33. The predicted octanol–water partition coefficient (Wildman–Crippen LogP) is 3.76. The molecule has 0 aliphatic carbocycles. The molecule has 1 aliphatic rings. The summed E-state index contributed by atoms with van der Waals surface area (Å²) in [7, 11) is 0. The van der Waals surface area contributed by atoms with Gasteiger partial charge in [0.05, 0.1) is 48.2 Å². The smallest absolute Gasteiger partial charge is 0.230 e. The van der Waals surface area contributed by atoms with Crippen molar-refractivity contribution in [3.63, 3.8) is 0 Å². The molecule has 1 aromatic carbocycles. The second kappa shape index (κ2) is 12.0. The molecule has 1 saturated heterocycles. The Morgan fingerprint density at radius 2 is 1.98 bits per heavy atom. The first-order chi connectivity index (χ1) is 19.4.